The van der Waals surface area contributed by atoms with Crippen molar-refractivity contribution in [1.29, 1.82) is 0 Å². The lowest BCUT2D eigenvalue weighted by Crippen LogP contribution is -1.84. The molecule has 15 heavy (non-hydrogen) atoms. The Morgan fingerprint density at radius 3 is 2.80 bits per heavy atom. The number of thioether (sulfide) groups is 1. The fourth-order valence-electron chi connectivity index (χ4n) is 1.30. The zero-order valence-electron chi connectivity index (χ0n) is 9.07. The van der Waals surface area contributed by atoms with Crippen LogP contribution in [0.4, 0.5) is 0 Å². The molecule has 0 radical (unpaired) electrons. The van der Waals surface area contributed by atoms with E-state index in [2.05, 4.69) is 31.4 Å². The summed E-state index contributed by atoms with van der Waals surface area (Å²) in [5, 5.41) is 0. The highest BCUT2D eigenvalue weighted by atomic mass is 32.2. The van der Waals surface area contributed by atoms with Gasteiger partial charge in [-0.05, 0) is 24.1 Å². The first-order valence-corrected chi connectivity index (χ1v) is 5.93. The molecule has 0 unspecified atom stereocenters. The third-order valence-corrected chi connectivity index (χ3v) is 3.03. The number of hydrogen-bond donors (Lipinski definition) is 0. The fourth-order valence-corrected chi connectivity index (χ4v) is 2.12. The topological polar surface area (TPSA) is 0 Å². The Balaban J connectivity index is 2.94. The van der Waals surface area contributed by atoms with Crippen LogP contribution in [0.2, 0.25) is 0 Å². The van der Waals surface area contributed by atoms with Gasteiger partial charge < -0.3 is 0 Å². The molecule has 0 bridgehead atoms. The molecule has 1 heteroatoms. The fraction of sp³-hybridized carbons (Fsp3) is 0.143. The van der Waals surface area contributed by atoms with Gasteiger partial charge in [-0.1, -0.05) is 43.0 Å². The first kappa shape index (κ1) is 11.9. The van der Waals surface area contributed by atoms with Crippen LogP contribution in [-0.4, -0.2) is 5.75 Å². The van der Waals surface area contributed by atoms with Crippen LogP contribution in [0.1, 0.15) is 12.5 Å². The average molecular weight is 216 g/mol. The standard InChI is InChI=1S/C14H16S/c1-4-8-12(3)13-9-6-7-10-14(13)15-11-5-2/h4-10H,2-3,11H2,1H3/b8-4-. The molecule has 0 atom stereocenters. The second-order valence-electron chi connectivity index (χ2n) is 3.12. The van der Waals surface area contributed by atoms with Crippen LogP contribution in [0.15, 0.2) is 60.5 Å². The summed E-state index contributed by atoms with van der Waals surface area (Å²) < 4.78 is 0. The van der Waals surface area contributed by atoms with E-state index in [9.17, 15) is 0 Å². The monoisotopic (exact) mass is 216 g/mol. The smallest absolute Gasteiger partial charge is 0.0158 e. The molecular formula is C14H16S. The molecule has 0 aromatic heterocycles. The SMILES string of the molecule is C=CCSc1ccccc1C(=C)/C=C\C. The van der Waals surface area contributed by atoms with Gasteiger partial charge in [0, 0.05) is 10.6 Å². The van der Waals surface area contributed by atoms with E-state index in [1.54, 1.807) is 11.8 Å². The minimum atomic E-state index is 0.931. The van der Waals surface area contributed by atoms with Crippen molar-refractivity contribution in [1.82, 2.24) is 0 Å². The van der Waals surface area contributed by atoms with E-state index >= 15 is 0 Å². The third kappa shape index (κ3) is 3.45. The van der Waals surface area contributed by atoms with E-state index in [1.165, 1.54) is 10.5 Å². The molecule has 0 saturated carbocycles. The third-order valence-electron chi connectivity index (χ3n) is 1.96. The molecule has 0 fully saturated rings. The lowest BCUT2D eigenvalue weighted by atomic mass is 10.1. The quantitative estimate of drug-likeness (QED) is 0.395. The van der Waals surface area contributed by atoms with Crippen LogP contribution in [0.5, 0.6) is 0 Å². The van der Waals surface area contributed by atoms with Gasteiger partial charge in [-0.2, -0.15) is 0 Å². The number of benzene rings is 1. The van der Waals surface area contributed by atoms with E-state index < -0.39 is 0 Å². The van der Waals surface area contributed by atoms with Gasteiger partial charge >= 0.3 is 0 Å². The van der Waals surface area contributed by atoms with Crippen molar-refractivity contribution < 1.29 is 0 Å². The van der Waals surface area contributed by atoms with Crippen LogP contribution in [0.3, 0.4) is 0 Å². The van der Waals surface area contributed by atoms with Gasteiger partial charge in [-0.3, -0.25) is 0 Å². The lowest BCUT2D eigenvalue weighted by molar-refractivity contribution is 1.40. The highest BCUT2D eigenvalue weighted by molar-refractivity contribution is 7.99. The molecule has 0 aliphatic heterocycles. The van der Waals surface area contributed by atoms with Crippen LogP contribution >= 0.6 is 11.8 Å². The van der Waals surface area contributed by atoms with Crippen LogP contribution < -0.4 is 0 Å². The maximum absolute atomic E-state index is 4.06. The first-order chi connectivity index (χ1) is 7.29. The maximum atomic E-state index is 4.06. The molecule has 0 amide bonds. The minimum absolute atomic E-state index is 0.931. The van der Waals surface area contributed by atoms with Crippen molar-refractivity contribution in [3.63, 3.8) is 0 Å². The summed E-state index contributed by atoms with van der Waals surface area (Å²) in [4.78, 5) is 1.26. The largest absolute Gasteiger partial charge is 0.121 e. The summed E-state index contributed by atoms with van der Waals surface area (Å²) in [5.41, 5.74) is 2.27. The predicted molar refractivity (Wildman–Crippen MR) is 71.2 cm³/mol. The Labute approximate surface area is 96.4 Å². The zero-order chi connectivity index (χ0) is 11.1. The molecule has 0 aliphatic rings. The van der Waals surface area contributed by atoms with E-state index in [0.29, 0.717) is 0 Å². The summed E-state index contributed by atoms with van der Waals surface area (Å²) >= 11 is 1.79. The Morgan fingerprint density at radius 1 is 1.40 bits per heavy atom. The molecule has 0 heterocycles. The number of allylic oxidation sites excluding steroid dienone is 3. The lowest BCUT2D eigenvalue weighted by Gasteiger charge is -2.07. The zero-order valence-corrected chi connectivity index (χ0v) is 9.89. The number of hydrogen-bond acceptors (Lipinski definition) is 1. The van der Waals surface area contributed by atoms with Crippen molar-refractivity contribution in [2.45, 2.75) is 11.8 Å². The first-order valence-electron chi connectivity index (χ1n) is 4.94. The molecule has 0 spiro atoms. The molecule has 1 aromatic carbocycles. The molecule has 1 aromatic rings. The van der Waals surface area contributed by atoms with Gasteiger partial charge in [0.1, 0.15) is 0 Å². The summed E-state index contributed by atoms with van der Waals surface area (Å²) in [6.07, 6.45) is 5.96. The Hall–Kier alpha value is -1.21. The second-order valence-corrected chi connectivity index (χ2v) is 4.18. The molecule has 0 nitrogen and oxygen atoms in total. The predicted octanol–water partition coefficient (Wildman–Crippen LogP) is 4.55. The maximum Gasteiger partial charge on any atom is 0.0158 e. The van der Waals surface area contributed by atoms with E-state index in [0.717, 1.165) is 11.3 Å². The van der Waals surface area contributed by atoms with Crippen LogP contribution in [0.25, 0.3) is 5.57 Å². The highest BCUT2D eigenvalue weighted by Gasteiger charge is 2.02. The highest BCUT2D eigenvalue weighted by Crippen LogP contribution is 2.27. The summed E-state index contributed by atoms with van der Waals surface area (Å²) in [5.74, 6) is 0.931. The van der Waals surface area contributed by atoms with Crippen LogP contribution in [0, 0.1) is 0 Å². The Morgan fingerprint density at radius 2 is 2.13 bits per heavy atom. The van der Waals surface area contributed by atoms with Crippen molar-refractivity contribution in [2.24, 2.45) is 0 Å². The van der Waals surface area contributed by atoms with E-state index in [1.807, 2.05) is 31.2 Å². The Bertz CT molecular complexity index is 375. The van der Waals surface area contributed by atoms with Gasteiger partial charge in [0.25, 0.3) is 0 Å². The van der Waals surface area contributed by atoms with E-state index in [4.69, 9.17) is 0 Å². The van der Waals surface area contributed by atoms with Crippen molar-refractivity contribution >= 4 is 17.3 Å². The molecule has 0 N–H and O–H groups in total. The molecule has 1 rings (SSSR count). The van der Waals surface area contributed by atoms with Crippen molar-refractivity contribution in [3.05, 3.63) is 61.2 Å². The molecule has 0 saturated heterocycles. The normalized spacial score (nSPS) is 10.5. The van der Waals surface area contributed by atoms with Gasteiger partial charge in [-0.15, -0.1) is 18.3 Å². The molecule has 0 aliphatic carbocycles. The molecular weight excluding hydrogens is 200 g/mol. The van der Waals surface area contributed by atoms with Crippen LogP contribution in [-0.2, 0) is 0 Å². The minimum Gasteiger partial charge on any atom is -0.121 e. The van der Waals surface area contributed by atoms with Crippen molar-refractivity contribution in [2.75, 3.05) is 5.75 Å². The van der Waals surface area contributed by atoms with E-state index in [-0.39, 0.29) is 0 Å². The Kier molecular flexibility index (Phi) is 4.99. The van der Waals surface area contributed by atoms with Gasteiger partial charge in [0.05, 0.1) is 0 Å². The average Bonchev–Trinajstić information content (AvgIpc) is 2.27. The van der Waals surface area contributed by atoms with Gasteiger partial charge in [-0.25, -0.2) is 0 Å². The van der Waals surface area contributed by atoms with Crippen molar-refractivity contribution in [3.8, 4) is 0 Å². The van der Waals surface area contributed by atoms with Gasteiger partial charge in [0.2, 0.25) is 0 Å². The van der Waals surface area contributed by atoms with Gasteiger partial charge in [0.15, 0.2) is 0 Å². The summed E-state index contributed by atoms with van der Waals surface area (Å²) in [6, 6.07) is 8.33. The number of rotatable bonds is 5. The summed E-state index contributed by atoms with van der Waals surface area (Å²) in [7, 11) is 0. The summed E-state index contributed by atoms with van der Waals surface area (Å²) in [6.45, 7) is 9.79. The molecule has 78 valence electrons. The second kappa shape index (κ2) is 6.31.